The van der Waals surface area contributed by atoms with E-state index in [2.05, 4.69) is 12.0 Å². The fourth-order valence-electron chi connectivity index (χ4n) is 1.36. The molecule has 1 aliphatic carbocycles. The molecule has 0 N–H and O–H groups in total. The maximum absolute atomic E-state index is 5.17. The molecule has 0 radical (unpaired) electrons. The highest BCUT2D eigenvalue weighted by Crippen LogP contribution is 2.20. The van der Waals surface area contributed by atoms with Crippen molar-refractivity contribution < 1.29 is 0 Å². The van der Waals surface area contributed by atoms with E-state index < -0.39 is 0 Å². The summed E-state index contributed by atoms with van der Waals surface area (Å²) in [6.45, 7) is 0. The summed E-state index contributed by atoms with van der Waals surface area (Å²) in [4.78, 5) is 0. The van der Waals surface area contributed by atoms with E-state index in [0.29, 0.717) is 0 Å². The van der Waals surface area contributed by atoms with Crippen molar-refractivity contribution in [3.8, 4) is 12.3 Å². The Bertz CT molecular complexity index is 157. The van der Waals surface area contributed by atoms with Gasteiger partial charge in [-0.25, -0.2) is 0 Å². The highest BCUT2D eigenvalue weighted by Gasteiger charge is 2.01. The second-order valence-corrected chi connectivity index (χ2v) is 2.81. The SMILES string of the molecule is C#CCCC1=CCCCC1. The highest BCUT2D eigenvalue weighted by molar-refractivity contribution is 5.06. The smallest absolute Gasteiger partial charge is 0.0123 e. The van der Waals surface area contributed by atoms with E-state index in [1.165, 1.54) is 25.7 Å². The summed E-state index contributed by atoms with van der Waals surface area (Å²) < 4.78 is 0. The molecule has 10 heavy (non-hydrogen) atoms. The summed E-state index contributed by atoms with van der Waals surface area (Å²) in [5.41, 5.74) is 1.59. The number of rotatable bonds is 2. The molecule has 0 aromatic rings. The third-order valence-corrected chi connectivity index (χ3v) is 1.98. The summed E-state index contributed by atoms with van der Waals surface area (Å²) in [6, 6.07) is 0. The zero-order valence-electron chi connectivity index (χ0n) is 6.40. The van der Waals surface area contributed by atoms with Gasteiger partial charge in [0.15, 0.2) is 0 Å². The molecule has 1 rings (SSSR count). The molecule has 54 valence electrons. The summed E-state index contributed by atoms with van der Waals surface area (Å²) in [7, 11) is 0. The van der Waals surface area contributed by atoms with Crippen molar-refractivity contribution in [3.05, 3.63) is 11.6 Å². The van der Waals surface area contributed by atoms with Crippen molar-refractivity contribution in [2.45, 2.75) is 38.5 Å². The fraction of sp³-hybridized carbons (Fsp3) is 0.600. The van der Waals surface area contributed by atoms with Crippen LogP contribution in [0.15, 0.2) is 11.6 Å². The molecule has 0 saturated carbocycles. The second-order valence-electron chi connectivity index (χ2n) is 2.81. The lowest BCUT2D eigenvalue weighted by molar-refractivity contribution is 0.678. The second kappa shape index (κ2) is 4.17. The number of hydrogen-bond acceptors (Lipinski definition) is 0. The van der Waals surface area contributed by atoms with Crippen LogP contribution < -0.4 is 0 Å². The molecule has 0 fully saturated rings. The van der Waals surface area contributed by atoms with Gasteiger partial charge in [-0.05, 0) is 32.1 Å². The summed E-state index contributed by atoms with van der Waals surface area (Å²) in [5.74, 6) is 2.67. The first-order valence-corrected chi connectivity index (χ1v) is 4.05. The van der Waals surface area contributed by atoms with Gasteiger partial charge in [0.25, 0.3) is 0 Å². The van der Waals surface area contributed by atoms with Gasteiger partial charge in [0.2, 0.25) is 0 Å². The standard InChI is InChI=1S/C10H14/c1-2-3-7-10-8-5-4-6-9-10/h1,8H,3-7,9H2. The predicted octanol–water partition coefficient (Wildman–Crippen LogP) is 2.90. The van der Waals surface area contributed by atoms with Gasteiger partial charge in [-0.2, -0.15) is 0 Å². The summed E-state index contributed by atoms with van der Waals surface area (Å²) >= 11 is 0. The molecule has 0 heterocycles. The molecule has 0 saturated heterocycles. The van der Waals surface area contributed by atoms with Crippen LogP contribution in [0.25, 0.3) is 0 Å². The Hall–Kier alpha value is -0.700. The van der Waals surface area contributed by atoms with Crippen molar-refractivity contribution >= 4 is 0 Å². The molecule has 0 spiro atoms. The largest absolute Gasteiger partial charge is 0.120 e. The topological polar surface area (TPSA) is 0 Å². The van der Waals surface area contributed by atoms with Gasteiger partial charge in [-0.3, -0.25) is 0 Å². The van der Waals surface area contributed by atoms with Gasteiger partial charge in [-0.1, -0.05) is 11.6 Å². The van der Waals surface area contributed by atoms with Gasteiger partial charge in [0.05, 0.1) is 0 Å². The molecule has 0 aliphatic heterocycles. The molecule has 0 amide bonds. The van der Waals surface area contributed by atoms with Crippen molar-refractivity contribution in [1.29, 1.82) is 0 Å². The van der Waals surface area contributed by atoms with Gasteiger partial charge in [0.1, 0.15) is 0 Å². The van der Waals surface area contributed by atoms with Crippen LogP contribution in [0.3, 0.4) is 0 Å². The van der Waals surface area contributed by atoms with Gasteiger partial charge in [0, 0.05) is 6.42 Å². The molecule has 0 atom stereocenters. The van der Waals surface area contributed by atoms with E-state index in [9.17, 15) is 0 Å². The molecule has 0 bridgehead atoms. The van der Waals surface area contributed by atoms with E-state index >= 15 is 0 Å². The fourth-order valence-corrected chi connectivity index (χ4v) is 1.36. The van der Waals surface area contributed by atoms with Crippen LogP contribution in [0.1, 0.15) is 38.5 Å². The maximum atomic E-state index is 5.17. The monoisotopic (exact) mass is 134 g/mol. The van der Waals surface area contributed by atoms with Crippen LogP contribution in [-0.4, -0.2) is 0 Å². The van der Waals surface area contributed by atoms with Crippen LogP contribution in [0.4, 0.5) is 0 Å². The van der Waals surface area contributed by atoms with E-state index in [4.69, 9.17) is 6.42 Å². The average Bonchev–Trinajstić information content (AvgIpc) is 2.03. The van der Waals surface area contributed by atoms with E-state index in [-0.39, 0.29) is 0 Å². The third kappa shape index (κ3) is 2.27. The van der Waals surface area contributed by atoms with Crippen molar-refractivity contribution in [2.75, 3.05) is 0 Å². The first kappa shape index (κ1) is 7.41. The molecule has 0 aromatic carbocycles. The Kier molecular flexibility index (Phi) is 3.09. The lowest BCUT2D eigenvalue weighted by Gasteiger charge is -2.10. The first-order valence-electron chi connectivity index (χ1n) is 4.05. The van der Waals surface area contributed by atoms with Crippen molar-refractivity contribution in [1.82, 2.24) is 0 Å². The summed E-state index contributed by atoms with van der Waals surface area (Å²) in [5, 5.41) is 0. The number of hydrogen-bond donors (Lipinski definition) is 0. The minimum absolute atomic E-state index is 0.922. The Balaban J connectivity index is 2.26. The normalized spacial score (nSPS) is 17.7. The molecule has 1 aliphatic rings. The van der Waals surface area contributed by atoms with Gasteiger partial charge >= 0.3 is 0 Å². The van der Waals surface area contributed by atoms with E-state index in [0.717, 1.165) is 12.8 Å². The zero-order valence-corrected chi connectivity index (χ0v) is 6.40. The average molecular weight is 134 g/mol. The number of allylic oxidation sites excluding steroid dienone is 2. The molecule has 0 heteroatoms. The Morgan fingerprint density at radius 2 is 2.40 bits per heavy atom. The zero-order chi connectivity index (χ0) is 7.23. The Morgan fingerprint density at radius 1 is 1.50 bits per heavy atom. The Morgan fingerprint density at radius 3 is 3.00 bits per heavy atom. The third-order valence-electron chi connectivity index (χ3n) is 1.98. The van der Waals surface area contributed by atoms with E-state index in [1.54, 1.807) is 5.57 Å². The van der Waals surface area contributed by atoms with Crippen LogP contribution in [0.5, 0.6) is 0 Å². The first-order chi connectivity index (χ1) is 4.93. The van der Waals surface area contributed by atoms with Crippen LogP contribution >= 0.6 is 0 Å². The number of terminal acetylenes is 1. The molecule has 0 nitrogen and oxygen atoms in total. The quantitative estimate of drug-likeness (QED) is 0.402. The summed E-state index contributed by atoms with van der Waals surface area (Å²) in [6.07, 6.45) is 14.9. The van der Waals surface area contributed by atoms with Crippen molar-refractivity contribution in [2.24, 2.45) is 0 Å². The Labute approximate surface area is 63.3 Å². The molecular weight excluding hydrogens is 120 g/mol. The minimum Gasteiger partial charge on any atom is -0.120 e. The lowest BCUT2D eigenvalue weighted by Crippen LogP contribution is -1.90. The lowest BCUT2D eigenvalue weighted by atomic mass is 9.96. The van der Waals surface area contributed by atoms with Gasteiger partial charge < -0.3 is 0 Å². The minimum atomic E-state index is 0.922. The predicted molar refractivity (Wildman–Crippen MR) is 44.6 cm³/mol. The molecule has 0 aromatic heterocycles. The molecular formula is C10H14. The van der Waals surface area contributed by atoms with Crippen LogP contribution in [-0.2, 0) is 0 Å². The van der Waals surface area contributed by atoms with Crippen molar-refractivity contribution in [3.63, 3.8) is 0 Å². The van der Waals surface area contributed by atoms with Crippen LogP contribution in [0, 0.1) is 12.3 Å². The van der Waals surface area contributed by atoms with E-state index in [1.807, 2.05) is 0 Å². The molecule has 0 unspecified atom stereocenters. The highest BCUT2D eigenvalue weighted by atomic mass is 14.1. The van der Waals surface area contributed by atoms with Crippen LogP contribution in [0.2, 0.25) is 0 Å². The van der Waals surface area contributed by atoms with Gasteiger partial charge in [-0.15, -0.1) is 12.3 Å². The maximum Gasteiger partial charge on any atom is 0.0123 e.